The highest BCUT2D eigenvalue weighted by Gasteiger charge is 2.56. The van der Waals surface area contributed by atoms with Gasteiger partial charge in [0.2, 0.25) is 10.0 Å². The van der Waals surface area contributed by atoms with Crippen molar-refractivity contribution in [2.45, 2.75) is 25.0 Å². The normalized spacial score (nSPS) is 27.5. The topological polar surface area (TPSA) is 98.5 Å². The number of hydrogen-bond donors (Lipinski definition) is 1. The summed E-state index contributed by atoms with van der Waals surface area (Å²) in [6.07, 6.45) is 2.13. The molecule has 7 heteroatoms. The van der Waals surface area contributed by atoms with E-state index in [-0.39, 0.29) is 24.8 Å². The molecule has 0 aromatic heterocycles. The number of aliphatic carboxylic acids is 1. The van der Waals surface area contributed by atoms with Crippen molar-refractivity contribution in [3.63, 3.8) is 0 Å². The van der Waals surface area contributed by atoms with Crippen LogP contribution in [-0.2, 0) is 20.6 Å². The number of benzene rings is 1. The number of carboxylic acids is 1. The van der Waals surface area contributed by atoms with E-state index in [1.165, 1.54) is 4.31 Å². The molecule has 2 fully saturated rings. The Morgan fingerprint density at radius 3 is 2.83 bits per heavy atom. The van der Waals surface area contributed by atoms with Crippen LogP contribution in [0.2, 0.25) is 0 Å². The molecule has 1 aromatic rings. The summed E-state index contributed by atoms with van der Waals surface area (Å²) in [4.78, 5) is 11.7. The largest absolute Gasteiger partial charge is 0.481 e. The Kier molecular flexibility index (Phi) is 3.90. The van der Waals surface area contributed by atoms with Crippen molar-refractivity contribution in [2.24, 2.45) is 11.3 Å². The van der Waals surface area contributed by atoms with Crippen LogP contribution in [-0.4, -0.2) is 36.9 Å². The molecule has 2 aliphatic rings. The van der Waals surface area contributed by atoms with Gasteiger partial charge in [-0.1, -0.05) is 24.6 Å². The third kappa shape index (κ3) is 2.62. The SMILES string of the molecule is N#Cc1ccccc1CS(=O)(=O)N1C[C@@H]2CCC[C@]2(C(=O)O)C1. The molecule has 3 rings (SSSR count). The molecule has 23 heavy (non-hydrogen) atoms. The van der Waals surface area contributed by atoms with Crippen LogP contribution in [0.4, 0.5) is 0 Å². The van der Waals surface area contributed by atoms with Gasteiger partial charge in [0.1, 0.15) is 0 Å². The Hall–Kier alpha value is -1.91. The fourth-order valence-corrected chi connectivity index (χ4v) is 5.51. The molecule has 0 unspecified atom stereocenters. The van der Waals surface area contributed by atoms with Crippen LogP contribution in [0.5, 0.6) is 0 Å². The molecule has 1 heterocycles. The molecular formula is C16H18N2O4S. The summed E-state index contributed by atoms with van der Waals surface area (Å²) >= 11 is 0. The zero-order valence-electron chi connectivity index (χ0n) is 12.6. The van der Waals surface area contributed by atoms with Crippen molar-refractivity contribution in [1.29, 1.82) is 5.26 Å². The number of rotatable bonds is 4. The maximum atomic E-state index is 12.7. The van der Waals surface area contributed by atoms with Gasteiger partial charge in [-0.25, -0.2) is 12.7 Å². The number of sulfonamides is 1. The second kappa shape index (κ2) is 5.62. The lowest BCUT2D eigenvalue weighted by atomic mass is 9.81. The highest BCUT2D eigenvalue weighted by atomic mass is 32.2. The molecule has 1 aromatic carbocycles. The summed E-state index contributed by atoms with van der Waals surface area (Å²) in [5.41, 5.74) is -0.137. The predicted molar refractivity (Wildman–Crippen MR) is 82.8 cm³/mol. The molecule has 122 valence electrons. The number of carbonyl (C=O) groups is 1. The average Bonchev–Trinajstić information content (AvgIpc) is 3.05. The van der Waals surface area contributed by atoms with Crippen LogP contribution < -0.4 is 0 Å². The van der Waals surface area contributed by atoms with Crippen molar-refractivity contribution in [2.75, 3.05) is 13.1 Å². The molecule has 1 aliphatic heterocycles. The van der Waals surface area contributed by atoms with Crippen LogP contribution in [0.1, 0.15) is 30.4 Å². The zero-order chi connectivity index (χ0) is 16.7. The smallest absolute Gasteiger partial charge is 0.311 e. The molecular weight excluding hydrogens is 316 g/mol. The van der Waals surface area contributed by atoms with Crippen LogP contribution in [0.25, 0.3) is 0 Å². The second-order valence-corrected chi connectivity index (χ2v) is 8.34. The van der Waals surface area contributed by atoms with Gasteiger partial charge < -0.3 is 5.11 Å². The lowest BCUT2D eigenvalue weighted by Gasteiger charge is -2.23. The van der Waals surface area contributed by atoms with E-state index >= 15 is 0 Å². The monoisotopic (exact) mass is 334 g/mol. The molecule has 1 saturated heterocycles. The van der Waals surface area contributed by atoms with Crippen molar-refractivity contribution in [1.82, 2.24) is 4.31 Å². The van der Waals surface area contributed by atoms with E-state index in [1.54, 1.807) is 24.3 Å². The van der Waals surface area contributed by atoms with Gasteiger partial charge in [-0.3, -0.25) is 4.79 Å². The van der Waals surface area contributed by atoms with Crippen LogP contribution in [0.3, 0.4) is 0 Å². The number of hydrogen-bond acceptors (Lipinski definition) is 4. The van der Waals surface area contributed by atoms with E-state index < -0.39 is 21.4 Å². The van der Waals surface area contributed by atoms with Gasteiger partial charge in [0.25, 0.3) is 0 Å². The van der Waals surface area contributed by atoms with Gasteiger partial charge in [0.05, 0.1) is 22.8 Å². The Morgan fingerprint density at radius 1 is 1.43 bits per heavy atom. The number of nitrogens with zero attached hydrogens (tertiary/aromatic N) is 2. The molecule has 1 saturated carbocycles. The molecule has 6 nitrogen and oxygen atoms in total. The Morgan fingerprint density at radius 2 is 2.17 bits per heavy atom. The Balaban J connectivity index is 1.85. The standard InChI is InChI=1S/C16H18N2O4S/c17-8-12-4-1-2-5-13(12)10-23(21,22)18-9-14-6-3-7-16(14,11-18)15(19)20/h1-2,4-5,14H,3,6-7,9-11H2,(H,19,20)/t14-,16-/m0/s1. The van der Waals surface area contributed by atoms with Gasteiger partial charge in [-0.15, -0.1) is 0 Å². The van der Waals surface area contributed by atoms with Crippen molar-refractivity contribution in [3.8, 4) is 6.07 Å². The maximum absolute atomic E-state index is 12.7. The van der Waals surface area contributed by atoms with Gasteiger partial charge in [0.15, 0.2) is 0 Å². The van der Waals surface area contributed by atoms with Crippen LogP contribution in [0.15, 0.2) is 24.3 Å². The quantitative estimate of drug-likeness (QED) is 0.901. The van der Waals surface area contributed by atoms with E-state index in [4.69, 9.17) is 5.26 Å². The third-order valence-electron chi connectivity index (χ3n) is 5.13. The minimum Gasteiger partial charge on any atom is -0.481 e. The van der Waals surface area contributed by atoms with Gasteiger partial charge in [-0.05, 0) is 30.4 Å². The fraction of sp³-hybridized carbons (Fsp3) is 0.500. The second-order valence-electron chi connectivity index (χ2n) is 6.37. The Bertz CT molecular complexity index is 784. The predicted octanol–water partition coefficient (Wildman–Crippen LogP) is 1.57. The summed E-state index contributed by atoms with van der Waals surface area (Å²) in [6.45, 7) is 0.313. The molecule has 0 radical (unpaired) electrons. The molecule has 0 bridgehead atoms. The number of nitriles is 1. The first-order valence-electron chi connectivity index (χ1n) is 7.58. The maximum Gasteiger partial charge on any atom is 0.311 e. The minimum atomic E-state index is -3.64. The summed E-state index contributed by atoms with van der Waals surface area (Å²) in [7, 11) is -3.64. The van der Waals surface area contributed by atoms with Crippen LogP contribution >= 0.6 is 0 Å². The van der Waals surface area contributed by atoms with E-state index in [2.05, 4.69) is 0 Å². The number of fused-ring (bicyclic) bond motifs is 1. The van der Waals surface area contributed by atoms with Crippen molar-refractivity contribution < 1.29 is 18.3 Å². The van der Waals surface area contributed by atoms with E-state index in [0.29, 0.717) is 17.5 Å². The van der Waals surface area contributed by atoms with E-state index in [9.17, 15) is 18.3 Å². The van der Waals surface area contributed by atoms with E-state index in [1.807, 2.05) is 6.07 Å². The highest BCUT2D eigenvalue weighted by Crippen LogP contribution is 2.49. The molecule has 1 N–H and O–H groups in total. The van der Waals surface area contributed by atoms with Crippen molar-refractivity contribution in [3.05, 3.63) is 35.4 Å². The third-order valence-corrected chi connectivity index (χ3v) is 6.88. The zero-order valence-corrected chi connectivity index (χ0v) is 13.4. The first-order chi connectivity index (χ1) is 10.9. The van der Waals surface area contributed by atoms with Gasteiger partial charge in [0, 0.05) is 13.1 Å². The number of carboxylic acid groups (broad SMARTS) is 1. The lowest BCUT2D eigenvalue weighted by molar-refractivity contribution is -0.149. The summed E-state index contributed by atoms with van der Waals surface area (Å²) in [5.74, 6) is -1.27. The van der Waals surface area contributed by atoms with Crippen LogP contribution in [0, 0.1) is 22.7 Å². The first kappa shape index (κ1) is 16.0. The summed E-state index contributed by atoms with van der Waals surface area (Å²) in [5, 5.41) is 18.7. The highest BCUT2D eigenvalue weighted by molar-refractivity contribution is 7.88. The summed E-state index contributed by atoms with van der Waals surface area (Å²) < 4.78 is 26.7. The molecule has 1 aliphatic carbocycles. The Labute approximate surface area is 135 Å². The van der Waals surface area contributed by atoms with Gasteiger partial charge >= 0.3 is 5.97 Å². The summed E-state index contributed by atoms with van der Waals surface area (Å²) in [6, 6.07) is 8.59. The molecule has 0 spiro atoms. The lowest BCUT2D eigenvalue weighted by Crippen LogP contribution is -2.37. The van der Waals surface area contributed by atoms with E-state index in [0.717, 1.165) is 12.8 Å². The van der Waals surface area contributed by atoms with Gasteiger partial charge in [-0.2, -0.15) is 5.26 Å². The minimum absolute atomic E-state index is 0.0457. The first-order valence-corrected chi connectivity index (χ1v) is 9.19. The fourth-order valence-electron chi connectivity index (χ4n) is 3.85. The molecule has 0 amide bonds. The van der Waals surface area contributed by atoms with Crippen molar-refractivity contribution >= 4 is 16.0 Å². The average molecular weight is 334 g/mol. The molecule has 2 atom stereocenters.